The molecule has 0 rings (SSSR count). The van der Waals surface area contributed by atoms with E-state index in [4.69, 9.17) is 10.2 Å². The van der Waals surface area contributed by atoms with Crippen LogP contribution in [0.3, 0.4) is 0 Å². The first-order valence-corrected chi connectivity index (χ1v) is 9.43. The van der Waals surface area contributed by atoms with Crippen LogP contribution in [-0.2, 0) is 9.59 Å². The van der Waals surface area contributed by atoms with Crippen molar-refractivity contribution in [2.45, 2.75) is 71.1 Å². The number of aliphatic hydroxyl groups is 1. The first-order chi connectivity index (χ1) is 11.6. The Hall–Kier alpha value is 0.150. The number of carboxylic acid groups (broad SMARTS) is 1. The van der Waals surface area contributed by atoms with Crippen LogP contribution in [0.5, 0.6) is 0 Å². The monoisotopic (exact) mass is 404 g/mol. The molecule has 0 bridgehead atoms. The van der Waals surface area contributed by atoms with E-state index in [0.29, 0.717) is 26.1 Å². The van der Waals surface area contributed by atoms with Crippen LogP contribution in [0.25, 0.3) is 0 Å². The predicted octanol–water partition coefficient (Wildman–Crippen LogP) is 2.18. The zero-order valence-corrected chi connectivity index (χ0v) is 16.5. The number of hydrogen-bond donors (Lipinski definition) is 3. The summed E-state index contributed by atoms with van der Waals surface area (Å²) in [7, 11) is 0. The van der Waals surface area contributed by atoms with E-state index >= 15 is 0 Å². The Morgan fingerprint density at radius 3 is 1.96 bits per heavy atom. The number of hydrogen-bond acceptors (Lipinski definition) is 4. The van der Waals surface area contributed by atoms with Crippen LogP contribution in [0.15, 0.2) is 0 Å². The van der Waals surface area contributed by atoms with Crippen molar-refractivity contribution in [2.75, 3.05) is 32.8 Å². The number of rotatable bonds is 17. The van der Waals surface area contributed by atoms with Crippen molar-refractivity contribution >= 4 is 53.8 Å². The van der Waals surface area contributed by atoms with Gasteiger partial charge < -0.3 is 20.4 Å². The number of carbonyl (C=O) groups is 2. The minimum atomic E-state index is -0.988. The van der Waals surface area contributed by atoms with E-state index in [-0.39, 0.29) is 61.0 Å². The van der Waals surface area contributed by atoms with Gasteiger partial charge in [-0.3, -0.25) is 9.59 Å². The van der Waals surface area contributed by atoms with Crippen molar-refractivity contribution in [1.82, 2.24) is 10.2 Å². The third kappa shape index (κ3) is 20.5. The van der Waals surface area contributed by atoms with E-state index in [1.54, 1.807) is 0 Å². The summed E-state index contributed by atoms with van der Waals surface area (Å²) in [6, 6.07) is 0. The number of unbranched alkanes of at least 4 members (excludes halogenated alkanes) is 8. The molecule has 3 N–H and O–H groups in total. The average Bonchev–Trinajstić information content (AvgIpc) is 2.55. The van der Waals surface area contributed by atoms with Crippen LogP contribution in [0.4, 0.5) is 0 Å². The summed E-state index contributed by atoms with van der Waals surface area (Å²) in [5, 5.41) is 20.6. The van der Waals surface area contributed by atoms with E-state index < -0.39 is 5.97 Å². The molecular formula is C18H38ClN2NaO4. The molecule has 0 aliphatic rings. The standard InChI is InChI=1S/C18H36N2O4.ClH.Na.H/c1-2-3-4-5-6-7-8-9-10-11-17(22)20(16-18(23)24)14-12-19-13-15-21;;;/h19,21H,2-16H2,1H3,(H,23,24);1H;;. The zero-order chi connectivity index (χ0) is 18.0. The van der Waals surface area contributed by atoms with Crippen molar-refractivity contribution in [3.63, 3.8) is 0 Å². The summed E-state index contributed by atoms with van der Waals surface area (Å²) in [6.07, 6.45) is 11.1. The maximum absolute atomic E-state index is 12.1. The van der Waals surface area contributed by atoms with E-state index in [2.05, 4.69) is 12.2 Å². The fourth-order valence-corrected chi connectivity index (χ4v) is 2.62. The topological polar surface area (TPSA) is 89.9 Å². The quantitative estimate of drug-likeness (QED) is 0.255. The molecule has 0 fully saturated rings. The average molecular weight is 405 g/mol. The van der Waals surface area contributed by atoms with Crippen molar-refractivity contribution in [3.05, 3.63) is 0 Å². The van der Waals surface area contributed by atoms with Gasteiger partial charge in [0, 0.05) is 26.1 Å². The van der Waals surface area contributed by atoms with Gasteiger partial charge in [-0.1, -0.05) is 58.3 Å². The number of carbonyl (C=O) groups excluding carboxylic acids is 1. The van der Waals surface area contributed by atoms with Gasteiger partial charge in [0.15, 0.2) is 0 Å². The Kier molecular flexibility index (Phi) is 27.5. The van der Waals surface area contributed by atoms with Crippen molar-refractivity contribution in [1.29, 1.82) is 0 Å². The Balaban J connectivity index is -0.00000264. The number of nitrogens with zero attached hydrogens (tertiary/aromatic N) is 1. The first-order valence-electron chi connectivity index (χ1n) is 9.43. The molecule has 0 heterocycles. The first kappa shape index (κ1) is 30.9. The summed E-state index contributed by atoms with van der Waals surface area (Å²) in [5.41, 5.74) is 0. The molecule has 0 aromatic heterocycles. The Morgan fingerprint density at radius 1 is 0.923 bits per heavy atom. The Morgan fingerprint density at radius 2 is 1.46 bits per heavy atom. The molecule has 0 atom stereocenters. The van der Waals surface area contributed by atoms with Crippen molar-refractivity contribution < 1.29 is 19.8 Å². The van der Waals surface area contributed by atoms with Crippen molar-refractivity contribution in [2.24, 2.45) is 0 Å². The predicted molar refractivity (Wildman–Crippen MR) is 110 cm³/mol. The van der Waals surface area contributed by atoms with Crippen LogP contribution in [0.2, 0.25) is 0 Å². The molecule has 0 spiro atoms. The second-order valence-electron chi connectivity index (χ2n) is 6.26. The summed E-state index contributed by atoms with van der Waals surface area (Å²) in [6.45, 7) is 3.31. The Bertz CT molecular complexity index is 336. The molecule has 26 heavy (non-hydrogen) atoms. The number of halogens is 1. The van der Waals surface area contributed by atoms with E-state index in [0.717, 1.165) is 19.3 Å². The fourth-order valence-electron chi connectivity index (χ4n) is 2.62. The normalized spacial score (nSPS) is 9.92. The minimum absolute atomic E-state index is 0. The van der Waals surface area contributed by atoms with E-state index in [9.17, 15) is 9.59 Å². The SMILES string of the molecule is CCCCCCCCCCCC(=O)N(CCNCCO)CC(=O)O.Cl.[NaH]. The van der Waals surface area contributed by atoms with Gasteiger partial charge in [0.05, 0.1) is 6.61 Å². The van der Waals surface area contributed by atoms with Gasteiger partial charge in [-0.15, -0.1) is 12.4 Å². The van der Waals surface area contributed by atoms with Gasteiger partial charge >= 0.3 is 35.5 Å². The van der Waals surface area contributed by atoms with Crippen LogP contribution in [0, 0.1) is 0 Å². The van der Waals surface area contributed by atoms with E-state index in [1.165, 1.54) is 43.4 Å². The molecule has 6 nitrogen and oxygen atoms in total. The van der Waals surface area contributed by atoms with Gasteiger partial charge in [0.1, 0.15) is 6.54 Å². The summed E-state index contributed by atoms with van der Waals surface area (Å²) < 4.78 is 0. The van der Waals surface area contributed by atoms with Crippen LogP contribution in [0.1, 0.15) is 71.1 Å². The fraction of sp³-hybridized carbons (Fsp3) is 0.889. The summed E-state index contributed by atoms with van der Waals surface area (Å²) in [5.74, 6) is -1.08. The van der Waals surface area contributed by atoms with Gasteiger partial charge in [0.25, 0.3) is 0 Å². The second kappa shape index (κ2) is 23.2. The molecule has 0 unspecified atom stereocenters. The third-order valence-electron chi connectivity index (χ3n) is 4.02. The van der Waals surface area contributed by atoms with Gasteiger partial charge in [-0.05, 0) is 6.42 Å². The maximum atomic E-state index is 12.1. The van der Waals surface area contributed by atoms with Gasteiger partial charge in [-0.25, -0.2) is 0 Å². The number of nitrogens with one attached hydrogen (secondary N) is 1. The summed E-state index contributed by atoms with van der Waals surface area (Å²) >= 11 is 0. The van der Waals surface area contributed by atoms with Gasteiger partial charge in [-0.2, -0.15) is 0 Å². The molecule has 152 valence electrons. The third-order valence-corrected chi connectivity index (χ3v) is 4.02. The molecule has 0 saturated carbocycles. The molecule has 0 radical (unpaired) electrons. The molecule has 0 aliphatic carbocycles. The van der Waals surface area contributed by atoms with Gasteiger partial charge in [0.2, 0.25) is 5.91 Å². The van der Waals surface area contributed by atoms with Crippen LogP contribution < -0.4 is 5.32 Å². The number of aliphatic hydroxyl groups excluding tert-OH is 1. The molecule has 0 aromatic carbocycles. The zero-order valence-electron chi connectivity index (χ0n) is 15.7. The Labute approximate surface area is 187 Å². The van der Waals surface area contributed by atoms with E-state index in [1.807, 2.05) is 0 Å². The molecule has 0 aliphatic heterocycles. The molecule has 8 heteroatoms. The van der Waals surface area contributed by atoms with Crippen LogP contribution >= 0.6 is 12.4 Å². The molecule has 0 saturated heterocycles. The molecule has 0 aromatic rings. The van der Waals surface area contributed by atoms with Crippen LogP contribution in [-0.4, -0.2) is 89.3 Å². The summed E-state index contributed by atoms with van der Waals surface area (Å²) in [4.78, 5) is 24.4. The molecule has 1 amide bonds. The number of carboxylic acids is 1. The number of amides is 1. The van der Waals surface area contributed by atoms with Crippen molar-refractivity contribution in [3.8, 4) is 0 Å². The molecular weight excluding hydrogens is 367 g/mol. The second-order valence-corrected chi connectivity index (χ2v) is 6.26. The number of aliphatic carboxylic acids is 1.